The summed E-state index contributed by atoms with van der Waals surface area (Å²) in [5, 5.41) is 0. The summed E-state index contributed by atoms with van der Waals surface area (Å²) < 4.78 is 0. The third-order valence-corrected chi connectivity index (χ3v) is 8.35. The van der Waals surface area contributed by atoms with Crippen LogP contribution in [0.25, 0.3) is 78.7 Å². The van der Waals surface area contributed by atoms with Crippen molar-refractivity contribution in [3.63, 3.8) is 0 Å². The zero-order valence-electron chi connectivity index (χ0n) is 26.0. The minimum Gasteiger partial charge on any atom is -0.265 e. The van der Waals surface area contributed by atoms with Gasteiger partial charge in [0.25, 0.3) is 0 Å². The molecule has 0 aliphatic carbocycles. The molecule has 0 fully saturated rings. The first kappa shape index (κ1) is 28.9. The summed E-state index contributed by atoms with van der Waals surface area (Å²) in [6.07, 6.45) is 7.24. The second-order valence-electron chi connectivity index (χ2n) is 11.5. The van der Waals surface area contributed by atoms with Crippen molar-refractivity contribution in [3.8, 4) is 78.7 Å². The summed E-state index contributed by atoms with van der Waals surface area (Å²) in [4.78, 5) is 23.5. The molecule has 226 valence electrons. The molecule has 0 radical (unpaired) electrons. The van der Waals surface area contributed by atoms with Gasteiger partial charge in [-0.25, -0.2) is 15.0 Å². The summed E-state index contributed by atoms with van der Waals surface area (Å²) >= 11 is 0. The van der Waals surface area contributed by atoms with E-state index in [1.807, 2.05) is 85.5 Å². The van der Waals surface area contributed by atoms with Gasteiger partial charge in [-0.2, -0.15) is 0 Å². The first-order valence-electron chi connectivity index (χ1n) is 15.8. The van der Waals surface area contributed by atoms with Gasteiger partial charge in [-0.15, -0.1) is 0 Å². The monoisotopic (exact) mass is 615 g/mol. The largest absolute Gasteiger partial charge is 0.265 e. The Labute approximate surface area is 279 Å². The predicted octanol–water partition coefficient (Wildman–Crippen LogP) is 10.3. The molecule has 0 N–H and O–H groups in total. The van der Waals surface area contributed by atoms with Crippen LogP contribution in [-0.4, -0.2) is 24.9 Å². The van der Waals surface area contributed by atoms with E-state index in [1.165, 1.54) is 11.1 Å². The molecule has 48 heavy (non-hydrogen) atoms. The van der Waals surface area contributed by atoms with E-state index in [4.69, 9.17) is 15.0 Å². The summed E-state index contributed by atoms with van der Waals surface area (Å²) in [6.45, 7) is 0. The molecule has 0 spiro atoms. The van der Waals surface area contributed by atoms with Gasteiger partial charge in [0.1, 0.15) is 0 Å². The van der Waals surface area contributed by atoms with E-state index in [2.05, 4.69) is 101 Å². The van der Waals surface area contributed by atoms with Gasteiger partial charge in [-0.05, 0) is 87.0 Å². The summed E-state index contributed by atoms with van der Waals surface area (Å²) in [7, 11) is 0. The van der Waals surface area contributed by atoms with Crippen molar-refractivity contribution in [3.05, 3.63) is 176 Å². The van der Waals surface area contributed by atoms with Crippen molar-refractivity contribution in [2.45, 2.75) is 0 Å². The Bertz CT molecular complexity index is 2230. The fourth-order valence-electron chi connectivity index (χ4n) is 5.83. The van der Waals surface area contributed by atoms with E-state index < -0.39 is 0 Å². The molecule has 0 saturated heterocycles. The van der Waals surface area contributed by atoms with Crippen LogP contribution in [0.3, 0.4) is 0 Å². The van der Waals surface area contributed by atoms with Crippen LogP contribution in [0.2, 0.25) is 0 Å². The molecule has 8 aromatic rings. The Balaban J connectivity index is 1.21. The molecule has 5 nitrogen and oxygen atoms in total. The average Bonchev–Trinajstić information content (AvgIpc) is 3.19. The standard InChI is InChI=1S/C43H29N5/c1-3-7-30(8-4-1)31-11-13-32(14-12-31)33-15-17-37(18-16-33)42-46-41(36-9-5-2-6-10-36)47-43(48-42)40-28-38(34-19-23-44-24-20-34)27-39(29-40)35-21-25-45-26-22-35/h1-29H. The van der Waals surface area contributed by atoms with Gasteiger partial charge in [0, 0.05) is 41.5 Å². The highest BCUT2D eigenvalue weighted by Crippen LogP contribution is 2.33. The van der Waals surface area contributed by atoms with Crippen molar-refractivity contribution >= 4 is 0 Å². The first-order valence-corrected chi connectivity index (χ1v) is 15.8. The smallest absolute Gasteiger partial charge is 0.164 e. The second-order valence-corrected chi connectivity index (χ2v) is 11.5. The fraction of sp³-hybridized carbons (Fsp3) is 0. The highest BCUT2D eigenvalue weighted by molar-refractivity contribution is 5.80. The van der Waals surface area contributed by atoms with Gasteiger partial charge in [0.15, 0.2) is 17.5 Å². The molecule has 8 rings (SSSR count). The molecule has 5 aromatic carbocycles. The zero-order chi connectivity index (χ0) is 32.1. The highest BCUT2D eigenvalue weighted by Gasteiger charge is 2.15. The lowest BCUT2D eigenvalue weighted by Crippen LogP contribution is -2.00. The number of pyridine rings is 2. The van der Waals surface area contributed by atoms with Crippen molar-refractivity contribution in [2.75, 3.05) is 0 Å². The number of nitrogens with zero attached hydrogens (tertiary/aromatic N) is 5. The van der Waals surface area contributed by atoms with Crippen LogP contribution in [0.4, 0.5) is 0 Å². The van der Waals surface area contributed by atoms with Crippen molar-refractivity contribution in [2.24, 2.45) is 0 Å². The van der Waals surface area contributed by atoms with Crippen LogP contribution in [0, 0.1) is 0 Å². The van der Waals surface area contributed by atoms with Gasteiger partial charge < -0.3 is 0 Å². The molecule has 0 bridgehead atoms. The van der Waals surface area contributed by atoms with Gasteiger partial charge >= 0.3 is 0 Å². The summed E-state index contributed by atoms with van der Waals surface area (Å²) in [6, 6.07) is 52.1. The van der Waals surface area contributed by atoms with Crippen molar-refractivity contribution < 1.29 is 0 Å². The van der Waals surface area contributed by atoms with Crippen LogP contribution in [0.15, 0.2) is 176 Å². The minimum atomic E-state index is 0.602. The quantitative estimate of drug-likeness (QED) is 0.178. The molecule has 0 aliphatic heterocycles. The maximum absolute atomic E-state index is 5.07. The van der Waals surface area contributed by atoms with E-state index in [0.717, 1.165) is 50.1 Å². The number of hydrogen-bond donors (Lipinski definition) is 0. The van der Waals surface area contributed by atoms with Gasteiger partial charge in [-0.3, -0.25) is 9.97 Å². The zero-order valence-corrected chi connectivity index (χ0v) is 26.0. The molecular formula is C43H29N5. The Morgan fingerprint density at radius 1 is 0.229 bits per heavy atom. The first-order chi connectivity index (χ1) is 23.8. The predicted molar refractivity (Wildman–Crippen MR) is 193 cm³/mol. The number of aromatic nitrogens is 5. The molecule has 0 atom stereocenters. The number of rotatable bonds is 7. The highest BCUT2D eigenvalue weighted by atomic mass is 15.0. The van der Waals surface area contributed by atoms with Gasteiger partial charge in [0.2, 0.25) is 0 Å². The lowest BCUT2D eigenvalue weighted by Gasteiger charge is -2.12. The van der Waals surface area contributed by atoms with Crippen LogP contribution < -0.4 is 0 Å². The van der Waals surface area contributed by atoms with Crippen LogP contribution >= 0.6 is 0 Å². The van der Waals surface area contributed by atoms with Crippen LogP contribution in [0.5, 0.6) is 0 Å². The average molecular weight is 616 g/mol. The maximum atomic E-state index is 5.07. The number of benzene rings is 5. The van der Waals surface area contributed by atoms with Gasteiger partial charge in [-0.1, -0.05) is 109 Å². The Morgan fingerprint density at radius 3 is 0.958 bits per heavy atom. The van der Waals surface area contributed by atoms with Crippen molar-refractivity contribution in [1.29, 1.82) is 0 Å². The van der Waals surface area contributed by atoms with Crippen LogP contribution in [-0.2, 0) is 0 Å². The van der Waals surface area contributed by atoms with E-state index in [-0.39, 0.29) is 0 Å². The minimum absolute atomic E-state index is 0.602. The Kier molecular flexibility index (Phi) is 7.83. The summed E-state index contributed by atoms with van der Waals surface area (Å²) in [5.41, 5.74) is 11.6. The molecule has 0 saturated carbocycles. The topological polar surface area (TPSA) is 64.5 Å². The molecule has 5 heteroatoms. The second kappa shape index (κ2) is 13.0. The molecule has 0 amide bonds. The Hall–Kier alpha value is -6.59. The summed E-state index contributed by atoms with van der Waals surface area (Å²) in [5.74, 6) is 1.84. The molecule has 0 unspecified atom stereocenters. The molecule has 3 heterocycles. The van der Waals surface area contributed by atoms with Crippen molar-refractivity contribution in [1.82, 2.24) is 24.9 Å². The Morgan fingerprint density at radius 2 is 0.521 bits per heavy atom. The third kappa shape index (κ3) is 6.13. The van der Waals surface area contributed by atoms with E-state index in [1.54, 1.807) is 0 Å². The lowest BCUT2D eigenvalue weighted by molar-refractivity contribution is 1.07. The maximum Gasteiger partial charge on any atom is 0.164 e. The number of hydrogen-bond acceptors (Lipinski definition) is 5. The lowest BCUT2D eigenvalue weighted by atomic mass is 9.96. The van der Waals surface area contributed by atoms with Crippen LogP contribution in [0.1, 0.15) is 0 Å². The fourth-order valence-corrected chi connectivity index (χ4v) is 5.83. The molecule has 0 aliphatic rings. The normalized spacial score (nSPS) is 10.9. The molecule has 3 aromatic heterocycles. The van der Waals surface area contributed by atoms with E-state index in [0.29, 0.717) is 17.5 Å². The van der Waals surface area contributed by atoms with E-state index in [9.17, 15) is 0 Å². The third-order valence-electron chi connectivity index (χ3n) is 8.35. The SMILES string of the molecule is c1ccc(-c2ccc(-c3ccc(-c4nc(-c5ccccc5)nc(-c5cc(-c6ccncc6)cc(-c6ccncc6)c5)n4)cc3)cc2)cc1. The molecular weight excluding hydrogens is 587 g/mol. The van der Waals surface area contributed by atoms with E-state index >= 15 is 0 Å². The van der Waals surface area contributed by atoms with Gasteiger partial charge in [0.05, 0.1) is 0 Å².